The summed E-state index contributed by atoms with van der Waals surface area (Å²) in [6.45, 7) is 0. The molecule has 0 saturated heterocycles. The van der Waals surface area contributed by atoms with Gasteiger partial charge in [-0.15, -0.1) is 0 Å². The molecule has 0 aliphatic heterocycles. The zero-order valence-electron chi connectivity index (χ0n) is 8.35. The molecule has 0 fully saturated rings. The number of hydrogen-bond acceptors (Lipinski definition) is 2. The lowest BCUT2D eigenvalue weighted by Crippen LogP contribution is -2.60. The summed E-state index contributed by atoms with van der Waals surface area (Å²) in [5.74, 6) is -13.3. The van der Waals surface area contributed by atoms with Crippen LogP contribution in [-0.4, -0.2) is 34.9 Å². The Morgan fingerprint density at radius 2 is 1.20 bits per heavy atom. The lowest BCUT2D eigenvalue weighted by molar-refractivity contribution is -0.459. The van der Waals surface area contributed by atoms with Crippen molar-refractivity contribution in [3.05, 3.63) is 0 Å². The third-order valence-electron chi connectivity index (χ3n) is 1.61. The maximum absolute atomic E-state index is 12.9. The van der Waals surface area contributed by atoms with Crippen molar-refractivity contribution in [1.29, 1.82) is 0 Å². The average Bonchev–Trinajstić information content (AvgIpc) is 2.12. The van der Waals surface area contributed by atoms with E-state index in [1.165, 1.54) is 0 Å². The van der Waals surface area contributed by atoms with Gasteiger partial charge in [-0.05, 0) is 15.9 Å². The Hall–Kier alpha value is -0.660. The summed E-state index contributed by atoms with van der Waals surface area (Å²) >= 11 is 0.818. The van der Waals surface area contributed by atoms with Crippen LogP contribution >= 0.6 is 15.9 Å². The highest BCUT2D eigenvalue weighted by atomic mass is 79.9. The van der Waals surface area contributed by atoms with Gasteiger partial charge in [-0.3, -0.25) is 9.53 Å². The monoisotopic (exact) mass is 392 g/mol. The lowest BCUT2D eigenvalue weighted by atomic mass is 10.2. The van der Waals surface area contributed by atoms with Crippen LogP contribution in [0, 0.1) is 0 Å². The third-order valence-corrected chi connectivity index (χ3v) is 2.12. The Labute approximate surface area is 110 Å². The molecule has 0 radical (unpaired) electrons. The molecule has 14 heteroatoms. The minimum Gasteiger partial charge on any atom is -0.263 e. The summed E-state index contributed by atoms with van der Waals surface area (Å²) < 4.78 is 136. The van der Waals surface area contributed by atoms with Gasteiger partial charge in [-0.2, -0.15) is 48.3 Å². The summed E-state index contributed by atoms with van der Waals surface area (Å²) in [6.07, 6.45) is -14.1. The molecule has 0 aromatic rings. The van der Waals surface area contributed by atoms with Crippen molar-refractivity contribution < 1.29 is 57.8 Å². The Balaban J connectivity index is 5.73. The van der Waals surface area contributed by atoms with E-state index in [1.807, 2.05) is 4.74 Å². The molecule has 2 nitrogen and oxygen atoms in total. The van der Waals surface area contributed by atoms with Gasteiger partial charge in [-0.1, -0.05) is 0 Å². The van der Waals surface area contributed by atoms with Gasteiger partial charge in [0.25, 0.3) is 0 Å². The zero-order chi connectivity index (χ0) is 16.8. The zero-order valence-corrected chi connectivity index (χ0v) is 9.94. The molecule has 0 saturated carbocycles. The minimum atomic E-state index is -7.18. The summed E-state index contributed by atoms with van der Waals surface area (Å²) in [5, 5.41) is 0. The van der Waals surface area contributed by atoms with Gasteiger partial charge >= 0.3 is 34.9 Å². The summed E-state index contributed by atoms with van der Waals surface area (Å²) in [5.41, 5.74) is 0. The van der Waals surface area contributed by atoms with Gasteiger partial charge in [-0.25, -0.2) is 0 Å². The van der Waals surface area contributed by atoms with Crippen molar-refractivity contribution in [2.24, 2.45) is 0 Å². The van der Waals surface area contributed by atoms with Crippen LogP contribution in [0.1, 0.15) is 0 Å². The molecule has 0 N–H and O–H groups in total. The standard InChI is InChI=1S/C6BrF11O2/c7-4(12,13)2(9,1(8)19)20-6(17,18)3(10,11)5(14,15)16. The van der Waals surface area contributed by atoms with Gasteiger partial charge < -0.3 is 0 Å². The van der Waals surface area contributed by atoms with E-state index in [2.05, 4.69) is 0 Å². The fourth-order valence-corrected chi connectivity index (χ4v) is 0.852. The topological polar surface area (TPSA) is 26.3 Å². The quantitative estimate of drug-likeness (QED) is 0.402. The third kappa shape index (κ3) is 3.15. The average molecular weight is 393 g/mol. The molecular formula is C6BrF11O2. The lowest BCUT2D eigenvalue weighted by Gasteiger charge is -2.33. The van der Waals surface area contributed by atoms with E-state index in [0.29, 0.717) is 0 Å². The number of carbonyl (C=O) groups excluding carboxylic acids is 1. The largest absolute Gasteiger partial charge is 0.462 e. The van der Waals surface area contributed by atoms with Crippen LogP contribution in [0.25, 0.3) is 0 Å². The van der Waals surface area contributed by atoms with Gasteiger partial charge in [0.2, 0.25) is 0 Å². The highest BCUT2D eigenvalue weighted by Gasteiger charge is 2.79. The Bertz CT molecular complexity index is 385. The molecule has 0 bridgehead atoms. The number of alkyl halides is 11. The molecule has 0 heterocycles. The van der Waals surface area contributed by atoms with Crippen LogP contribution in [0.4, 0.5) is 48.3 Å². The van der Waals surface area contributed by atoms with Gasteiger partial charge in [0.15, 0.2) is 0 Å². The van der Waals surface area contributed by atoms with Crippen molar-refractivity contribution in [2.75, 3.05) is 0 Å². The second-order valence-corrected chi connectivity index (χ2v) is 4.05. The molecule has 20 heavy (non-hydrogen) atoms. The Morgan fingerprint density at radius 3 is 1.40 bits per heavy atom. The van der Waals surface area contributed by atoms with Gasteiger partial charge in [0.05, 0.1) is 0 Å². The number of hydrogen-bond donors (Lipinski definition) is 0. The Morgan fingerprint density at radius 1 is 0.850 bits per heavy atom. The molecular weight excluding hydrogens is 393 g/mol. The maximum atomic E-state index is 12.9. The van der Waals surface area contributed by atoms with Crippen LogP contribution in [-0.2, 0) is 9.53 Å². The van der Waals surface area contributed by atoms with Crippen molar-refractivity contribution in [3.63, 3.8) is 0 Å². The summed E-state index contributed by atoms with van der Waals surface area (Å²) in [7, 11) is 0. The van der Waals surface area contributed by atoms with Crippen molar-refractivity contribution in [1.82, 2.24) is 0 Å². The second kappa shape index (κ2) is 4.96. The molecule has 0 aliphatic carbocycles. The van der Waals surface area contributed by atoms with Crippen molar-refractivity contribution in [3.8, 4) is 0 Å². The number of carbonyl (C=O) groups is 1. The Kier molecular flexibility index (Phi) is 4.80. The molecule has 1 atom stereocenters. The smallest absolute Gasteiger partial charge is 0.263 e. The van der Waals surface area contributed by atoms with Crippen LogP contribution in [0.2, 0.25) is 0 Å². The predicted octanol–water partition coefficient (Wildman–Crippen LogP) is 3.94. The van der Waals surface area contributed by atoms with E-state index in [0.717, 1.165) is 15.9 Å². The number of rotatable bonds is 5. The molecule has 0 aromatic carbocycles. The maximum Gasteiger partial charge on any atom is 0.462 e. The molecule has 0 amide bonds. The molecule has 0 aliphatic rings. The highest BCUT2D eigenvalue weighted by Crippen LogP contribution is 2.51. The fraction of sp³-hybridized carbons (Fsp3) is 0.833. The van der Waals surface area contributed by atoms with E-state index < -0.39 is 34.9 Å². The molecule has 0 aromatic heterocycles. The molecule has 120 valence electrons. The van der Waals surface area contributed by atoms with E-state index in [9.17, 15) is 53.1 Å². The van der Waals surface area contributed by atoms with Crippen molar-refractivity contribution in [2.45, 2.75) is 28.9 Å². The van der Waals surface area contributed by atoms with E-state index >= 15 is 0 Å². The molecule has 0 rings (SSSR count). The first-order chi connectivity index (χ1) is 8.40. The van der Waals surface area contributed by atoms with E-state index in [1.54, 1.807) is 0 Å². The molecule has 0 spiro atoms. The minimum absolute atomic E-state index is 0.818. The first-order valence-electron chi connectivity index (χ1n) is 3.88. The van der Waals surface area contributed by atoms with Crippen molar-refractivity contribution >= 4 is 22.0 Å². The summed E-state index contributed by atoms with van der Waals surface area (Å²) in [4.78, 5) is 4.17. The first-order valence-corrected chi connectivity index (χ1v) is 4.67. The second-order valence-electron chi connectivity index (χ2n) is 3.06. The highest BCUT2D eigenvalue weighted by molar-refractivity contribution is 9.10. The predicted molar refractivity (Wildman–Crippen MR) is 40.9 cm³/mol. The van der Waals surface area contributed by atoms with E-state index in [-0.39, 0.29) is 0 Å². The van der Waals surface area contributed by atoms with Crippen LogP contribution in [0.15, 0.2) is 0 Å². The normalized spacial score (nSPS) is 17.8. The fourth-order valence-electron chi connectivity index (χ4n) is 0.615. The SMILES string of the molecule is O=C(F)C(F)(OC(F)(F)C(F)(F)C(F)(F)F)C(F)(F)Br. The van der Waals surface area contributed by atoms with Gasteiger partial charge in [0.1, 0.15) is 0 Å². The van der Waals surface area contributed by atoms with Crippen LogP contribution in [0.5, 0.6) is 0 Å². The first kappa shape index (κ1) is 19.3. The summed E-state index contributed by atoms with van der Waals surface area (Å²) in [6, 6.07) is -4.06. The van der Waals surface area contributed by atoms with E-state index in [4.69, 9.17) is 0 Å². The van der Waals surface area contributed by atoms with Crippen LogP contribution < -0.4 is 0 Å². The van der Waals surface area contributed by atoms with Gasteiger partial charge in [0, 0.05) is 0 Å². The number of ether oxygens (including phenoxy) is 1. The van der Waals surface area contributed by atoms with Crippen LogP contribution in [0.3, 0.4) is 0 Å². The molecule has 1 unspecified atom stereocenters. The number of halogens is 12.